The van der Waals surface area contributed by atoms with Gasteiger partial charge >= 0.3 is 0 Å². The molecule has 1 aromatic heterocycles. The summed E-state index contributed by atoms with van der Waals surface area (Å²) in [4.78, 5) is 17.9. The first-order valence-corrected chi connectivity index (χ1v) is 6.53. The molecule has 0 bridgehead atoms. The van der Waals surface area contributed by atoms with Crippen molar-refractivity contribution < 1.29 is 0 Å². The summed E-state index contributed by atoms with van der Waals surface area (Å²) < 4.78 is 0. The van der Waals surface area contributed by atoms with Gasteiger partial charge in [-0.15, -0.1) is 0 Å². The van der Waals surface area contributed by atoms with Crippen molar-refractivity contribution in [3.8, 4) is 0 Å². The van der Waals surface area contributed by atoms with Crippen molar-refractivity contribution in [3.63, 3.8) is 0 Å². The normalized spacial score (nSPS) is 19.2. The number of aromatic nitrogens is 2. The monoisotopic (exact) mass is 266 g/mol. The number of hydrogen-bond donors (Lipinski definition) is 0. The first kappa shape index (κ1) is 11.8. The quantitative estimate of drug-likeness (QED) is 0.669. The largest absolute Gasteiger partial charge is 0.256 e. The molecule has 3 rings (SSSR count). The van der Waals surface area contributed by atoms with Crippen LogP contribution in [-0.4, -0.2) is 16.2 Å². The molecule has 5 heteroatoms. The molecule has 3 heterocycles. The molecule has 0 saturated heterocycles. The fourth-order valence-electron chi connectivity index (χ4n) is 1.75. The zero-order chi connectivity index (χ0) is 13.1. The van der Waals surface area contributed by atoms with Crippen molar-refractivity contribution in [2.75, 3.05) is 0 Å². The summed E-state index contributed by atoms with van der Waals surface area (Å²) in [6.45, 7) is 3.97. The number of aliphatic imine (C=N–C) groups is 1. The lowest BCUT2D eigenvalue weighted by Gasteiger charge is -2.03. The highest BCUT2D eigenvalue weighted by atomic mass is 32.2. The van der Waals surface area contributed by atoms with E-state index in [1.54, 1.807) is 12.4 Å². The van der Waals surface area contributed by atoms with Gasteiger partial charge in [-0.05, 0) is 18.1 Å². The Kier molecular flexibility index (Phi) is 3.23. The zero-order valence-electron chi connectivity index (χ0n) is 10.1. The maximum atomic E-state index is 4.46. The summed E-state index contributed by atoms with van der Waals surface area (Å²) in [6, 6.07) is 0. The molecule has 0 aromatic carbocycles. The van der Waals surface area contributed by atoms with Gasteiger partial charge in [0.05, 0.1) is 22.8 Å². The smallest absolute Gasteiger partial charge is 0.116 e. The Morgan fingerprint density at radius 1 is 1.37 bits per heavy atom. The van der Waals surface area contributed by atoms with E-state index in [0.717, 1.165) is 27.6 Å². The van der Waals surface area contributed by atoms with Crippen LogP contribution in [0.4, 0.5) is 0 Å². The van der Waals surface area contributed by atoms with Gasteiger partial charge in [0.1, 0.15) is 11.7 Å². The Hall–Kier alpha value is -2.23. The van der Waals surface area contributed by atoms with Crippen LogP contribution < -0.4 is 10.7 Å². The predicted octanol–water partition coefficient (Wildman–Crippen LogP) is 1.49. The Labute approximate surface area is 114 Å². The van der Waals surface area contributed by atoms with Crippen LogP contribution in [0.2, 0.25) is 0 Å². The van der Waals surface area contributed by atoms with Gasteiger partial charge in [-0.2, -0.15) is 0 Å². The molecule has 0 aliphatic carbocycles. The molecule has 1 aromatic rings. The molecule has 92 valence electrons. The molecule has 0 spiro atoms. The van der Waals surface area contributed by atoms with Gasteiger partial charge in [-0.1, -0.05) is 30.1 Å². The average molecular weight is 266 g/mol. The summed E-state index contributed by atoms with van der Waals surface area (Å²) >= 11 is 1.51. The van der Waals surface area contributed by atoms with Gasteiger partial charge < -0.3 is 0 Å². The van der Waals surface area contributed by atoms with E-state index in [1.807, 2.05) is 18.4 Å². The predicted molar refractivity (Wildman–Crippen MR) is 76.8 cm³/mol. The Balaban J connectivity index is 2.18. The van der Waals surface area contributed by atoms with Crippen LogP contribution in [0.1, 0.15) is 6.42 Å². The maximum Gasteiger partial charge on any atom is 0.116 e. The lowest BCUT2D eigenvalue weighted by atomic mass is 10.2. The third kappa shape index (κ3) is 2.62. The average Bonchev–Trinajstić information content (AvgIpc) is 2.59. The van der Waals surface area contributed by atoms with E-state index in [0.29, 0.717) is 5.03 Å². The Bertz CT molecular complexity index is 780. The second-order valence-electron chi connectivity index (χ2n) is 3.92. The van der Waals surface area contributed by atoms with Crippen LogP contribution in [0.15, 0.2) is 62.6 Å². The summed E-state index contributed by atoms with van der Waals surface area (Å²) in [5, 5.41) is 2.27. The Morgan fingerprint density at radius 3 is 3.26 bits per heavy atom. The van der Waals surface area contributed by atoms with Gasteiger partial charge in [-0.25, -0.2) is 15.0 Å². The summed E-state index contributed by atoms with van der Waals surface area (Å²) in [6.07, 6.45) is 11.4. The van der Waals surface area contributed by atoms with Gasteiger partial charge in [0.25, 0.3) is 0 Å². The van der Waals surface area contributed by atoms with E-state index in [-0.39, 0.29) is 0 Å². The van der Waals surface area contributed by atoms with Crippen molar-refractivity contribution >= 4 is 24.1 Å². The second kappa shape index (κ2) is 5.18. The molecular formula is C14H10N4S. The highest BCUT2D eigenvalue weighted by Gasteiger charge is 2.08. The first-order chi connectivity index (χ1) is 9.33. The van der Waals surface area contributed by atoms with Crippen LogP contribution in [0.25, 0.3) is 6.08 Å². The van der Waals surface area contributed by atoms with Gasteiger partial charge in [0, 0.05) is 11.1 Å². The topological polar surface area (TPSA) is 50.5 Å². The minimum Gasteiger partial charge on any atom is -0.256 e. The molecule has 4 nitrogen and oxygen atoms in total. The Morgan fingerprint density at radius 2 is 2.32 bits per heavy atom. The van der Waals surface area contributed by atoms with Gasteiger partial charge in [0.15, 0.2) is 0 Å². The van der Waals surface area contributed by atoms with Crippen molar-refractivity contribution in [2.24, 2.45) is 9.98 Å². The van der Waals surface area contributed by atoms with Gasteiger partial charge in [-0.3, -0.25) is 4.99 Å². The van der Waals surface area contributed by atoms with E-state index in [2.05, 4.69) is 32.3 Å². The van der Waals surface area contributed by atoms with E-state index in [4.69, 9.17) is 0 Å². The number of thioether (sulfide) groups is 1. The highest BCUT2D eigenvalue weighted by molar-refractivity contribution is 8.06. The zero-order valence-corrected chi connectivity index (χ0v) is 10.9. The third-order valence-electron chi connectivity index (χ3n) is 2.62. The van der Waals surface area contributed by atoms with Crippen LogP contribution in [0.5, 0.6) is 0 Å². The molecule has 0 N–H and O–H groups in total. The number of hydrogen-bond acceptors (Lipinski definition) is 5. The molecule has 0 radical (unpaired) electrons. The molecule has 2 aliphatic heterocycles. The van der Waals surface area contributed by atoms with Crippen molar-refractivity contribution in [2.45, 2.75) is 6.42 Å². The van der Waals surface area contributed by atoms with Gasteiger partial charge in [0.2, 0.25) is 0 Å². The van der Waals surface area contributed by atoms with E-state index in [9.17, 15) is 0 Å². The minimum absolute atomic E-state index is 0.701. The molecule has 2 aliphatic rings. The van der Waals surface area contributed by atoms with Crippen molar-refractivity contribution in [1.82, 2.24) is 9.97 Å². The first-order valence-electron chi connectivity index (χ1n) is 5.72. The number of rotatable bonds is 0. The highest BCUT2D eigenvalue weighted by Crippen LogP contribution is 2.30. The van der Waals surface area contributed by atoms with E-state index < -0.39 is 0 Å². The minimum atomic E-state index is 0.701. The summed E-state index contributed by atoms with van der Waals surface area (Å²) in [5.74, 6) is 0. The fraction of sp³-hybridized carbons (Fsp3) is 0.0714. The second-order valence-corrected chi connectivity index (χ2v) is 5.03. The van der Waals surface area contributed by atoms with Crippen molar-refractivity contribution in [3.05, 3.63) is 63.3 Å². The molecule has 0 unspecified atom stereocenters. The van der Waals surface area contributed by atoms with Crippen LogP contribution in [-0.2, 0) is 0 Å². The summed E-state index contributed by atoms with van der Waals surface area (Å²) in [7, 11) is 0. The summed E-state index contributed by atoms with van der Waals surface area (Å²) in [5.41, 5.74) is 4.11. The third-order valence-corrected chi connectivity index (χ3v) is 3.55. The lowest BCUT2D eigenvalue weighted by Crippen LogP contribution is -2.28. The van der Waals surface area contributed by atoms with Crippen molar-refractivity contribution in [1.29, 1.82) is 0 Å². The molecule has 0 fully saturated rings. The van der Waals surface area contributed by atoms with Crippen LogP contribution in [0, 0.1) is 0 Å². The van der Waals surface area contributed by atoms with Crippen LogP contribution in [0.3, 0.4) is 0 Å². The van der Waals surface area contributed by atoms with E-state index >= 15 is 0 Å². The number of allylic oxidation sites excluding steroid dienone is 2. The number of fused-ring (bicyclic) bond motifs is 1. The molecular weight excluding hydrogens is 256 g/mol. The molecule has 0 saturated carbocycles. The SMILES string of the molecule is C=C1N=c2cncn/c2=C/CC2=C(C=C=CN=C2)S1. The molecule has 19 heavy (non-hydrogen) atoms. The maximum absolute atomic E-state index is 4.46. The standard InChI is InChI=1S/C14H10N4S/c1-10-18-13-8-16-9-17-12(13)5-4-11-7-15-6-2-3-14(11)19-10/h3,5-9H,1,4H2/b12-5+,18-13?. The van der Waals surface area contributed by atoms with E-state index in [1.165, 1.54) is 18.1 Å². The molecule has 0 atom stereocenters. The lowest BCUT2D eigenvalue weighted by molar-refractivity contribution is 1.05. The number of nitrogens with zero attached hydrogens (tertiary/aromatic N) is 4. The fourth-order valence-corrected chi connectivity index (χ4v) is 2.55. The van der Waals surface area contributed by atoms with Crippen LogP contribution >= 0.6 is 11.8 Å². The molecule has 0 amide bonds.